The summed E-state index contributed by atoms with van der Waals surface area (Å²) >= 11 is 7.75. The van der Waals surface area contributed by atoms with Gasteiger partial charge >= 0.3 is 0 Å². The maximum atomic E-state index is 5.86. The van der Waals surface area contributed by atoms with Crippen LogP contribution in [0.25, 0.3) is 0 Å². The van der Waals surface area contributed by atoms with Crippen LogP contribution in [0.3, 0.4) is 0 Å². The molecule has 1 heterocycles. The minimum atomic E-state index is 0.688. The molecule has 0 bridgehead atoms. The molecular weight excluding hydrogens is 264 g/mol. The summed E-state index contributed by atoms with van der Waals surface area (Å²) in [6.45, 7) is 4.14. The first kappa shape index (κ1) is 13.8. The summed E-state index contributed by atoms with van der Waals surface area (Å²) < 4.78 is 0. The summed E-state index contributed by atoms with van der Waals surface area (Å²) in [6, 6.07) is 8.03. The zero-order valence-corrected chi connectivity index (χ0v) is 12.2. The van der Waals surface area contributed by atoms with E-state index < -0.39 is 0 Å². The Kier molecular flexibility index (Phi) is 5.39. The fraction of sp³-hybridized carbons (Fsp3) is 0.500. The van der Waals surface area contributed by atoms with Crippen LogP contribution in [-0.2, 0) is 6.42 Å². The lowest BCUT2D eigenvalue weighted by molar-refractivity contribution is 0.753. The monoisotopic (exact) mass is 282 g/mol. The molecule has 1 atom stereocenters. The van der Waals surface area contributed by atoms with Gasteiger partial charge in [-0.15, -0.1) is 0 Å². The summed E-state index contributed by atoms with van der Waals surface area (Å²) in [5.41, 5.74) is 1.31. The van der Waals surface area contributed by atoms with Crippen LogP contribution < -0.4 is 5.32 Å². The van der Waals surface area contributed by atoms with Crippen LogP contribution in [0.2, 0.25) is 5.02 Å². The molecule has 2 rings (SSSR count). The predicted molar refractivity (Wildman–Crippen MR) is 81.7 cm³/mol. The van der Waals surface area contributed by atoms with E-state index in [0.717, 1.165) is 29.7 Å². The maximum absolute atomic E-state index is 5.86. The van der Waals surface area contributed by atoms with Crippen molar-refractivity contribution >= 4 is 28.5 Å². The first-order valence-corrected chi connectivity index (χ1v) is 7.73. The first-order valence-electron chi connectivity index (χ1n) is 6.47. The number of rotatable bonds is 5. The number of hydrogen-bond acceptors (Lipinski definition) is 3. The fourth-order valence-corrected chi connectivity index (χ4v) is 3.23. The molecule has 0 radical (unpaired) electrons. The second-order valence-electron chi connectivity index (χ2n) is 4.48. The van der Waals surface area contributed by atoms with Crippen LogP contribution in [0.15, 0.2) is 29.3 Å². The van der Waals surface area contributed by atoms with E-state index in [9.17, 15) is 0 Å². The van der Waals surface area contributed by atoms with Crippen molar-refractivity contribution in [2.75, 3.05) is 13.1 Å². The molecule has 0 saturated heterocycles. The van der Waals surface area contributed by atoms with Crippen molar-refractivity contribution in [3.63, 3.8) is 0 Å². The number of hydrogen-bond donors (Lipinski definition) is 1. The van der Waals surface area contributed by atoms with Gasteiger partial charge in [0.05, 0.1) is 6.54 Å². The molecule has 0 aliphatic carbocycles. The third kappa shape index (κ3) is 4.21. The highest BCUT2D eigenvalue weighted by Crippen LogP contribution is 2.23. The average molecular weight is 283 g/mol. The van der Waals surface area contributed by atoms with Crippen molar-refractivity contribution in [1.29, 1.82) is 0 Å². The standard InChI is InChI=1S/C14H19ClN2S/c1-2-3-13-10-17-14(18-13)16-9-8-11-4-6-12(15)7-5-11/h4-7,13H,2-3,8-10H2,1H3,(H,16,17). The Morgan fingerprint density at radius 1 is 1.39 bits per heavy atom. The van der Waals surface area contributed by atoms with Crippen LogP contribution in [0.1, 0.15) is 25.3 Å². The Morgan fingerprint density at radius 3 is 2.89 bits per heavy atom. The predicted octanol–water partition coefficient (Wildman–Crippen LogP) is 3.74. The first-order chi connectivity index (χ1) is 8.78. The quantitative estimate of drug-likeness (QED) is 0.890. The van der Waals surface area contributed by atoms with Gasteiger partial charge in [0.15, 0.2) is 5.17 Å². The van der Waals surface area contributed by atoms with E-state index in [1.54, 1.807) is 0 Å². The van der Waals surface area contributed by atoms with Gasteiger partial charge in [-0.1, -0.05) is 48.8 Å². The SMILES string of the molecule is CCCC1CN=C(NCCc2ccc(Cl)cc2)S1. The van der Waals surface area contributed by atoms with Gasteiger partial charge in [0, 0.05) is 16.8 Å². The summed E-state index contributed by atoms with van der Waals surface area (Å²) in [7, 11) is 0. The number of nitrogens with zero attached hydrogens (tertiary/aromatic N) is 1. The minimum absolute atomic E-state index is 0.688. The summed E-state index contributed by atoms with van der Waals surface area (Å²) in [5.74, 6) is 0. The highest BCUT2D eigenvalue weighted by Gasteiger charge is 2.17. The molecule has 1 aliphatic heterocycles. The molecule has 2 nitrogen and oxygen atoms in total. The average Bonchev–Trinajstić information content (AvgIpc) is 2.80. The molecule has 0 spiro atoms. The Balaban J connectivity index is 1.68. The van der Waals surface area contributed by atoms with Crippen LogP contribution in [0.4, 0.5) is 0 Å². The number of halogens is 1. The molecule has 1 unspecified atom stereocenters. The van der Waals surface area contributed by atoms with E-state index in [1.807, 2.05) is 23.9 Å². The van der Waals surface area contributed by atoms with Gasteiger partial charge < -0.3 is 5.32 Å². The van der Waals surface area contributed by atoms with Crippen molar-refractivity contribution in [3.8, 4) is 0 Å². The molecule has 1 aromatic carbocycles. The molecule has 0 fully saturated rings. The number of amidine groups is 1. The van der Waals surface area contributed by atoms with Crippen LogP contribution in [0.5, 0.6) is 0 Å². The molecule has 0 amide bonds. The number of benzene rings is 1. The number of nitrogens with one attached hydrogen (secondary N) is 1. The second kappa shape index (κ2) is 7.05. The second-order valence-corrected chi connectivity index (χ2v) is 6.20. The van der Waals surface area contributed by atoms with Crippen LogP contribution in [-0.4, -0.2) is 23.5 Å². The molecule has 18 heavy (non-hydrogen) atoms. The Hall–Kier alpha value is -0.670. The van der Waals surface area contributed by atoms with Crippen LogP contribution >= 0.6 is 23.4 Å². The largest absolute Gasteiger partial charge is 0.365 e. The topological polar surface area (TPSA) is 24.4 Å². The molecule has 1 aliphatic rings. The number of aliphatic imine (C=N–C) groups is 1. The van der Waals surface area contributed by atoms with Gasteiger partial charge in [0.25, 0.3) is 0 Å². The Labute approximate surface area is 118 Å². The van der Waals surface area contributed by atoms with Crippen molar-refractivity contribution < 1.29 is 0 Å². The van der Waals surface area contributed by atoms with Crippen molar-refractivity contribution in [2.24, 2.45) is 4.99 Å². The zero-order chi connectivity index (χ0) is 12.8. The fourth-order valence-electron chi connectivity index (χ4n) is 1.95. The number of thioether (sulfide) groups is 1. The van der Waals surface area contributed by atoms with Crippen molar-refractivity contribution in [1.82, 2.24) is 5.32 Å². The lowest BCUT2D eigenvalue weighted by atomic mass is 10.1. The highest BCUT2D eigenvalue weighted by molar-refractivity contribution is 8.14. The van der Waals surface area contributed by atoms with Gasteiger partial charge in [0.1, 0.15) is 0 Å². The van der Waals surface area contributed by atoms with Gasteiger partial charge in [-0.05, 0) is 30.5 Å². The van der Waals surface area contributed by atoms with Gasteiger partial charge in [-0.3, -0.25) is 4.99 Å². The maximum Gasteiger partial charge on any atom is 0.156 e. The van der Waals surface area contributed by atoms with Crippen LogP contribution in [0, 0.1) is 0 Å². The third-order valence-electron chi connectivity index (χ3n) is 2.93. The van der Waals surface area contributed by atoms with E-state index in [0.29, 0.717) is 5.25 Å². The van der Waals surface area contributed by atoms with E-state index in [1.165, 1.54) is 18.4 Å². The zero-order valence-electron chi connectivity index (χ0n) is 10.7. The van der Waals surface area contributed by atoms with E-state index >= 15 is 0 Å². The molecule has 98 valence electrons. The third-order valence-corrected chi connectivity index (χ3v) is 4.40. The Morgan fingerprint density at radius 2 is 2.17 bits per heavy atom. The lowest BCUT2D eigenvalue weighted by Crippen LogP contribution is -2.22. The van der Waals surface area contributed by atoms with Gasteiger partial charge in [-0.25, -0.2) is 0 Å². The summed E-state index contributed by atoms with van der Waals surface area (Å²) in [6.07, 6.45) is 3.51. The molecule has 0 aromatic heterocycles. The summed E-state index contributed by atoms with van der Waals surface area (Å²) in [5, 5.41) is 6.01. The van der Waals surface area contributed by atoms with Gasteiger partial charge in [-0.2, -0.15) is 0 Å². The molecular formula is C14H19ClN2S. The van der Waals surface area contributed by atoms with Gasteiger partial charge in [0.2, 0.25) is 0 Å². The Bertz CT molecular complexity index is 403. The molecule has 0 saturated carbocycles. The molecule has 4 heteroatoms. The van der Waals surface area contributed by atoms with Crippen molar-refractivity contribution in [2.45, 2.75) is 31.4 Å². The summed E-state index contributed by atoms with van der Waals surface area (Å²) in [4.78, 5) is 4.53. The molecule has 1 N–H and O–H groups in total. The smallest absolute Gasteiger partial charge is 0.156 e. The minimum Gasteiger partial charge on any atom is -0.365 e. The lowest BCUT2D eigenvalue weighted by Gasteiger charge is -2.08. The van der Waals surface area contributed by atoms with Crippen molar-refractivity contribution in [3.05, 3.63) is 34.9 Å². The highest BCUT2D eigenvalue weighted by atomic mass is 35.5. The van der Waals surface area contributed by atoms with E-state index in [4.69, 9.17) is 11.6 Å². The van der Waals surface area contributed by atoms with E-state index in [-0.39, 0.29) is 0 Å². The normalized spacial score (nSPS) is 18.8. The van der Waals surface area contributed by atoms with E-state index in [2.05, 4.69) is 29.4 Å². The molecule has 1 aromatic rings.